The smallest absolute Gasteiger partial charge is 0.231 e. The van der Waals surface area contributed by atoms with Crippen LogP contribution in [0.3, 0.4) is 0 Å². The van der Waals surface area contributed by atoms with Gasteiger partial charge >= 0.3 is 0 Å². The van der Waals surface area contributed by atoms with Crippen molar-refractivity contribution in [2.75, 3.05) is 48.2 Å². The van der Waals surface area contributed by atoms with E-state index < -0.39 is 9.84 Å². The molecule has 9 heteroatoms. The average molecular weight is 300 g/mol. The van der Waals surface area contributed by atoms with Crippen molar-refractivity contribution in [1.29, 1.82) is 0 Å². The quantitative estimate of drug-likeness (QED) is 0.799. The Bertz CT molecular complexity index is 574. The lowest BCUT2D eigenvalue weighted by Gasteiger charge is -2.23. The molecule has 0 amide bonds. The summed E-state index contributed by atoms with van der Waals surface area (Å²) in [5.74, 6) is 1.77. The van der Waals surface area contributed by atoms with Gasteiger partial charge in [0, 0.05) is 27.2 Å². The molecule has 0 bridgehead atoms. The second-order valence-corrected chi connectivity index (χ2v) is 7.25. The van der Waals surface area contributed by atoms with Crippen molar-refractivity contribution in [1.82, 2.24) is 15.0 Å². The van der Waals surface area contributed by atoms with Gasteiger partial charge in [-0.15, -0.1) is 0 Å². The van der Waals surface area contributed by atoms with E-state index in [1.165, 1.54) is 0 Å². The molecule has 0 saturated carbocycles. The zero-order valence-corrected chi connectivity index (χ0v) is 12.7. The van der Waals surface area contributed by atoms with E-state index in [2.05, 4.69) is 25.6 Å². The molecule has 1 aromatic rings. The Morgan fingerprint density at radius 2 is 1.90 bits per heavy atom. The zero-order chi connectivity index (χ0) is 14.8. The summed E-state index contributed by atoms with van der Waals surface area (Å²) in [6.45, 7) is 0. The van der Waals surface area contributed by atoms with Crippen LogP contribution in [-0.4, -0.2) is 62.1 Å². The zero-order valence-electron chi connectivity index (χ0n) is 11.9. The number of rotatable bonds is 4. The Labute approximate surface area is 118 Å². The molecule has 20 heavy (non-hydrogen) atoms. The van der Waals surface area contributed by atoms with E-state index in [9.17, 15) is 8.42 Å². The Balaban J connectivity index is 2.18. The standard InChI is InChI=1S/C11H20N6O2S/c1-12-9-14-10(16-11(15-9)17(2)3)13-8-5-4-6-20(18,19)7-8/h8H,4-7H2,1-3H3,(H2,12,13,14,15,16). The van der Waals surface area contributed by atoms with Gasteiger partial charge in [0.25, 0.3) is 0 Å². The van der Waals surface area contributed by atoms with E-state index in [4.69, 9.17) is 0 Å². The molecule has 0 aliphatic carbocycles. The minimum atomic E-state index is -2.95. The summed E-state index contributed by atoms with van der Waals surface area (Å²) in [5.41, 5.74) is 0. The summed E-state index contributed by atoms with van der Waals surface area (Å²) < 4.78 is 23.3. The molecule has 1 atom stereocenters. The monoisotopic (exact) mass is 300 g/mol. The maximum atomic E-state index is 11.6. The molecule has 1 unspecified atom stereocenters. The molecule has 2 rings (SSSR count). The number of nitrogens with zero attached hydrogens (tertiary/aromatic N) is 4. The number of nitrogens with one attached hydrogen (secondary N) is 2. The highest BCUT2D eigenvalue weighted by molar-refractivity contribution is 7.91. The third-order valence-electron chi connectivity index (χ3n) is 3.04. The molecule has 1 aliphatic heterocycles. The van der Waals surface area contributed by atoms with Gasteiger partial charge in [0.1, 0.15) is 0 Å². The molecule has 2 N–H and O–H groups in total. The van der Waals surface area contributed by atoms with Crippen LogP contribution < -0.4 is 15.5 Å². The fourth-order valence-corrected chi connectivity index (χ4v) is 3.70. The van der Waals surface area contributed by atoms with E-state index in [0.717, 1.165) is 6.42 Å². The van der Waals surface area contributed by atoms with Gasteiger partial charge in [0.15, 0.2) is 9.84 Å². The summed E-state index contributed by atoms with van der Waals surface area (Å²) in [7, 11) is 2.45. The topological polar surface area (TPSA) is 100 Å². The number of aromatic nitrogens is 3. The number of anilines is 3. The first kappa shape index (κ1) is 14.8. The summed E-state index contributed by atoms with van der Waals surface area (Å²) in [5, 5.41) is 5.97. The van der Waals surface area contributed by atoms with Crippen LogP contribution in [0.15, 0.2) is 0 Å². The van der Waals surface area contributed by atoms with Crippen LogP contribution in [0.4, 0.5) is 17.8 Å². The first-order chi connectivity index (χ1) is 9.39. The molecule has 1 aromatic heterocycles. The molecule has 0 spiro atoms. The van der Waals surface area contributed by atoms with Crippen LogP contribution in [0.2, 0.25) is 0 Å². The molecule has 1 saturated heterocycles. The molecule has 112 valence electrons. The summed E-state index contributed by atoms with van der Waals surface area (Å²) in [6, 6.07) is -0.143. The van der Waals surface area contributed by atoms with E-state index >= 15 is 0 Å². The molecule has 0 aromatic carbocycles. The number of sulfone groups is 1. The van der Waals surface area contributed by atoms with Crippen molar-refractivity contribution in [3.63, 3.8) is 0 Å². The predicted octanol–water partition coefficient (Wildman–Crippen LogP) is -0.0316. The van der Waals surface area contributed by atoms with Gasteiger partial charge in [0.2, 0.25) is 17.8 Å². The van der Waals surface area contributed by atoms with Crippen molar-refractivity contribution < 1.29 is 8.42 Å². The average Bonchev–Trinajstić information content (AvgIpc) is 2.37. The van der Waals surface area contributed by atoms with Crippen molar-refractivity contribution in [2.45, 2.75) is 18.9 Å². The lowest BCUT2D eigenvalue weighted by Crippen LogP contribution is -2.35. The number of hydrogen-bond acceptors (Lipinski definition) is 8. The molecule has 1 aliphatic rings. The SMILES string of the molecule is CNc1nc(NC2CCCS(=O)(=O)C2)nc(N(C)C)n1. The van der Waals surface area contributed by atoms with E-state index in [1.807, 2.05) is 14.1 Å². The highest BCUT2D eigenvalue weighted by Crippen LogP contribution is 2.17. The van der Waals surface area contributed by atoms with Gasteiger partial charge in [-0.1, -0.05) is 0 Å². The van der Waals surface area contributed by atoms with Crippen LogP contribution in [-0.2, 0) is 9.84 Å². The van der Waals surface area contributed by atoms with Crippen LogP contribution in [0, 0.1) is 0 Å². The van der Waals surface area contributed by atoms with E-state index in [0.29, 0.717) is 24.3 Å². The predicted molar refractivity (Wildman–Crippen MR) is 79.0 cm³/mol. The maximum absolute atomic E-state index is 11.6. The molecule has 2 heterocycles. The Hall–Kier alpha value is -1.64. The highest BCUT2D eigenvalue weighted by atomic mass is 32.2. The molecule has 8 nitrogen and oxygen atoms in total. The van der Waals surface area contributed by atoms with Gasteiger partial charge in [-0.2, -0.15) is 15.0 Å². The minimum Gasteiger partial charge on any atom is -0.357 e. The second kappa shape index (κ2) is 5.78. The second-order valence-electron chi connectivity index (χ2n) is 5.02. The van der Waals surface area contributed by atoms with Crippen LogP contribution in [0.5, 0.6) is 0 Å². The van der Waals surface area contributed by atoms with Gasteiger partial charge < -0.3 is 15.5 Å². The maximum Gasteiger partial charge on any atom is 0.231 e. The largest absolute Gasteiger partial charge is 0.357 e. The third-order valence-corrected chi connectivity index (χ3v) is 4.86. The van der Waals surface area contributed by atoms with Crippen LogP contribution in [0.25, 0.3) is 0 Å². The molecule has 0 radical (unpaired) electrons. The van der Waals surface area contributed by atoms with Crippen LogP contribution in [0.1, 0.15) is 12.8 Å². The normalized spacial score (nSPS) is 21.2. The summed E-state index contributed by atoms with van der Waals surface area (Å²) >= 11 is 0. The minimum absolute atomic E-state index is 0.130. The lowest BCUT2D eigenvalue weighted by molar-refractivity contribution is 0.561. The van der Waals surface area contributed by atoms with Crippen molar-refractivity contribution >= 4 is 27.7 Å². The summed E-state index contributed by atoms with van der Waals surface area (Å²) in [4.78, 5) is 14.5. The Morgan fingerprint density at radius 1 is 1.20 bits per heavy atom. The van der Waals surface area contributed by atoms with E-state index in [-0.39, 0.29) is 17.5 Å². The van der Waals surface area contributed by atoms with Gasteiger partial charge in [0.05, 0.1) is 11.5 Å². The number of hydrogen-bond donors (Lipinski definition) is 2. The first-order valence-electron chi connectivity index (χ1n) is 6.48. The Morgan fingerprint density at radius 3 is 2.50 bits per heavy atom. The van der Waals surface area contributed by atoms with Gasteiger partial charge in [-0.05, 0) is 12.8 Å². The fraction of sp³-hybridized carbons (Fsp3) is 0.727. The van der Waals surface area contributed by atoms with Crippen molar-refractivity contribution in [2.24, 2.45) is 0 Å². The Kier molecular flexibility index (Phi) is 4.26. The lowest BCUT2D eigenvalue weighted by atomic mass is 10.2. The van der Waals surface area contributed by atoms with Gasteiger partial charge in [-0.3, -0.25) is 0 Å². The third kappa shape index (κ3) is 3.69. The molecular weight excluding hydrogens is 280 g/mol. The van der Waals surface area contributed by atoms with Crippen molar-refractivity contribution in [3.8, 4) is 0 Å². The van der Waals surface area contributed by atoms with Gasteiger partial charge in [-0.25, -0.2) is 8.42 Å². The molecule has 1 fully saturated rings. The fourth-order valence-electron chi connectivity index (χ4n) is 2.06. The van der Waals surface area contributed by atoms with Crippen molar-refractivity contribution in [3.05, 3.63) is 0 Å². The summed E-state index contributed by atoms with van der Waals surface area (Å²) in [6.07, 6.45) is 1.47. The van der Waals surface area contributed by atoms with Crippen LogP contribution >= 0.6 is 0 Å². The van der Waals surface area contributed by atoms with E-state index in [1.54, 1.807) is 11.9 Å². The highest BCUT2D eigenvalue weighted by Gasteiger charge is 2.25. The first-order valence-corrected chi connectivity index (χ1v) is 8.30. The molecular formula is C11H20N6O2S.